The van der Waals surface area contributed by atoms with Gasteiger partial charge in [0.05, 0.1) is 17.8 Å². The number of fused-ring (bicyclic) bond motifs is 1. The van der Waals surface area contributed by atoms with Gasteiger partial charge in [-0.3, -0.25) is 9.78 Å². The number of hydrogen-bond donors (Lipinski definition) is 3. The van der Waals surface area contributed by atoms with Gasteiger partial charge in [0.2, 0.25) is 5.91 Å². The third-order valence-corrected chi connectivity index (χ3v) is 4.13. The molecule has 1 amide bonds. The Morgan fingerprint density at radius 2 is 2.16 bits per heavy atom. The van der Waals surface area contributed by atoms with Crippen LogP contribution in [0.2, 0.25) is 0 Å². The maximum Gasteiger partial charge on any atom is 0.417 e. The standard InChI is InChI=1S/C17H21N5O3/c1-4-10(2)22-15(7-8-18-22)21-16(23)11(3)19-12-5-6-14-13(9-12)20-17(24)25-14/h5-11,19H,4H2,1-3H3,(H,20,24)(H,21,23). The fraction of sp³-hybridized carbons (Fsp3) is 0.353. The fourth-order valence-electron chi connectivity index (χ4n) is 2.53. The molecule has 0 aliphatic carbocycles. The minimum Gasteiger partial charge on any atom is -0.408 e. The number of amides is 1. The molecule has 2 heterocycles. The van der Waals surface area contributed by atoms with Gasteiger partial charge in [-0.2, -0.15) is 5.10 Å². The smallest absolute Gasteiger partial charge is 0.408 e. The third kappa shape index (κ3) is 3.57. The molecule has 2 aromatic heterocycles. The Morgan fingerprint density at radius 3 is 2.92 bits per heavy atom. The number of nitrogens with one attached hydrogen (secondary N) is 3. The molecule has 132 valence electrons. The lowest BCUT2D eigenvalue weighted by Gasteiger charge is -2.18. The van der Waals surface area contributed by atoms with E-state index in [1.165, 1.54) is 0 Å². The van der Waals surface area contributed by atoms with E-state index >= 15 is 0 Å². The minimum atomic E-state index is -0.503. The minimum absolute atomic E-state index is 0.175. The molecule has 25 heavy (non-hydrogen) atoms. The second-order valence-corrected chi connectivity index (χ2v) is 6.00. The van der Waals surface area contributed by atoms with Crippen LogP contribution >= 0.6 is 0 Å². The van der Waals surface area contributed by atoms with E-state index in [1.54, 1.807) is 42.1 Å². The van der Waals surface area contributed by atoms with Crippen molar-refractivity contribution < 1.29 is 9.21 Å². The SMILES string of the molecule is CCC(C)n1nccc1NC(=O)C(C)Nc1ccc2oc(=O)[nH]c2c1. The van der Waals surface area contributed by atoms with Crippen LogP contribution in [-0.2, 0) is 4.79 Å². The number of aromatic amines is 1. The molecule has 3 N–H and O–H groups in total. The largest absolute Gasteiger partial charge is 0.417 e. The molecule has 8 heteroatoms. The quantitative estimate of drug-likeness (QED) is 0.638. The Balaban J connectivity index is 1.69. The lowest BCUT2D eigenvalue weighted by molar-refractivity contribution is -0.116. The molecule has 2 atom stereocenters. The van der Waals surface area contributed by atoms with Crippen LogP contribution < -0.4 is 16.4 Å². The highest BCUT2D eigenvalue weighted by molar-refractivity contribution is 5.95. The van der Waals surface area contributed by atoms with Crippen molar-refractivity contribution >= 4 is 28.5 Å². The van der Waals surface area contributed by atoms with Crippen molar-refractivity contribution in [2.45, 2.75) is 39.3 Å². The molecule has 3 aromatic rings. The van der Waals surface area contributed by atoms with Crippen molar-refractivity contribution in [2.75, 3.05) is 10.6 Å². The van der Waals surface area contributed by atoms with Gasteiger partial charge >= 0.3 is 5.76 Å². The monoisotopic (exact) mass is 343 g/mol. The van der Waals surface area contributed by atoms with Crippen LogP contribution in [0.1, 0.15) is 33.2 Å². The van der Waals surface area contributed by atoms with E-state index in [0.29, 0.717) is 22.6 Å². The number of H-pyrrole nitrogens is 1. The third-order valence-electron chi connectivity index (χ3n) is 4.13. The number of aromatic nitrogens is 3. The average molecular weight is 343 g/mol. The predicted molar refractivity (Wildman–Crippen MR) is 95.8 cm³/mol. The first-order chi connectivity index (χ1) is 12.0. The van der Waals surface area contributed by atoms with Crippen molar-refractivity contribution in [1.29, 1.82) is 0 Å². The topological polar surface area (TPSA) is 105 Å². The summed E-state index contributed by atoms with van der Waals surface area (Å²) in [5.74, 6) is -0.00954. The van der Waals surface area contributed by atoms with Crippen molar-refractivity contribution in [3.05, 3.63) is 41.0 Å². The zero-order valence-electron chi connectivity index (χ0n) is 14.4. The average Bonchev–Trinajstić information content (AvgIpc) is 3.19. The summed E-state index contributed by atoms with van der Waals surface area (Å²) in [6.45, 7) is 5.88. The van der Waals surface area contributed by atoms with E-state index in [9.17, 15) is 9.59 Å². The summed E-state index contributed by atoms with van der Waals surface area (Å²) < 4.78 is 6.76. The second kappa shape index (κ2) is 6.84. The second-order valence-electron chi connectivity index (χ2n) is 6.00. The molecule has 0 saturated heterocycles. The van der Waals surface area contributed by atoms with Crippen LogP contribution in [0.4, 0.5) is 11.5 Å². The van der Waals surface area contributed by atoms with E-state index in [0.717, 1.165) is 6.42 Å². The lowest BCUT2D eigenvalue weighted by Crippen LogP contribution is -2.32. The van der Waals surface area contributed by atoms with E-state index in [4.69, 9.17) is 4.42 Å². The Morgan fingerprint density at radius 1 is 1.36 bits per heavy atom. The summed E-state index contributed by atoms with van der Waals surface area (Å²) in [4.78, 5) is 26.2. The first kappa shape index (κ1) is 16.8. The Kier molecular flexibility index (Phi) is 4.60. The van der Waals surface area contributed by atoms with Crippen molar-refractivity contribution in [3.63, 3.8) is 0 Å². The van der Waals surface area contributed by atoms with Crippen LogP contribution in [0.25, 0.3) is 11.1 Å². The molecule has 1 aromatic carbocycles. The van der Waals surface area contributed by atoms with Gasteiger partial charge in [0.1, 0.15) is 11.9 Å². The van der Waals surface area contributed by atoms with Gasteiger partial charge in [0.25, 0.3) is 0 Å². The van der Waals surface area contributed by atoms with Gasteiger partial charge in [-0.1, -0.05) is 6.92 Å². The summed E-state index contributed by atoms with van der Waals surface area (Å²) in [5, 5.41) is 10.3. The summed E-state index contributed by atoms with van der Waals surface area (Å²) in [6, 6.07) is 6.67. The number of benzene rings is 1. The first-order valence-corrected chi connectivity index (χ1v) is 8.21. The summed E-state index contributed by atoms with van der Waals surface area (Å²) in [6.07, 6.45) is 2.59. The van der Waals surface area contributed by atoms with Crippen LogP contribution in [-0.4, -0.2) is 26.7 Å². The lowest BCUT2D eigenvalue weighted by atomic mass is 10.2. The van der Waals surface area contributed by atoms with Crippen molar-refractivity contribution in [1.82, 2.24) is 14.8 Å². The highest BCUT2D eigenvalue weighted by atomic mass is 16.4. The number of oxazole rings is 1. The Labute approximate surface area is 144 Å². The molecule has 0 saturated carbocycles. The number of nitrogens with zero attached hydrogens (tertiary/aromatic N) is 2. The number of carbonyl (C=O) groups is 1. The van der Waals surface area contributed by atoms with E-state index in [1.807, 2.05) is 6.92 Å². The Hall–Kier alpha value is -3.03. The molecular formula is C17H21N5O3. The van der Waals surface area contributed by atoms with Crippen LogP contribution in [0.15, 0.2) is 39.7 Å². The van der Waals surface area contributed by atoms with Crippen LogP contribution in [0.5, 0.6) is 0 Å². The van der Waals surface area contributed by atoms with Crippen molar-refractivity contribution in [3.8, 4) is 0 Å². The molecule has 0 spiro atoms. The molecular weight excluding hydrogens is 322 g/mol. The summed E-state index contributed by atoms with van der Waals surface area (Å²) in [5.41, 5.74) is 1.77. The predicted octanol–water partition coefficient (Wildman–Crippen LogP) is 2.73. The number of anilines is 2. The van der Waals surface area contributed by atoms with Gasteiger partial charge in [0, 0.05) is 11.8 Å². The first-order valence-electron chi connectivity index (χ1n) is 8.21. The van der Waals surface area contributed by atoms with Gasteiger partial charge in [0.15, 0.2) is 5.58 Å². The van der Waals surface area contributed by atoms with Gasteiger partial charge < -0.3 is 15.1 Å². The summed E-state index contributed by atoms with van der Waals surface area (Å²) in [7, 11) is 0. The summed E-state index contributed by atoms with van der Waals surface area (Å²) >= 11 is 0. The molecule has 0 radical (unpaired) electrons. The van der Waals surface area contributed by atoms with E-state index in [-0.39, 0.29) is 11.9 Å². The van der Waals surface area contributed by atoms with E-state index in [2.05, 4.69) is 27.6 Å². The molecule has 0 bridgehead atoms. The number of rotatable bonds is 6. The zero-order valence-corrected chi connectivity index (χ0v) is 14.4. The molecule has 2 unspecified atom stereocenters. The van der Waals surface area contributed by atoms with Gasteiger partial charge in [-0.25, -0.2) is 9.48 Å². The van der Waals surface area contributed by atoms with E-state index < -0.39 is 11.8 Å². The fourth-order valence-corrected chi connectivity index (χ4v) is 2.53. The molecule has 3 rings (SSSR count). The van der Waals surface area contributed by atoms with Gasteiger partial charge in [-0.05, 0) is 38.5 Å². The normalized spacial score (nSPS) is 13.6. The van der Waals surface area contributed by atoms with Crippen molar-refractivity contribution in [2.24, 2.45) is 0 Å². The maximum atomic E-state index is 12.5. The maximum absolute atomic E-state index is 12.5. The highest BCUT2D eigenvalue weighted by Crippen LogP contribution is 2.19. The van der Waals surface area contributed by atoms with Crippen LogP contribution in [0.3, 0.4) is 0 Å². The molecule has 0 aliphatic rings. The molecule has 0 aliphatic heterocycles. The number of hydrogen-bond acceptors (Lipinski definition) is 5. The van der Waals surface area contributed by atoms with Gasteiger partial charge in [-0.15, -0.1) is 0 Å². The highest BCUT2D eigenvalue weighted by Gasteiger charge is 2.16. The molecule has 8 nitrogen and oxygen atoms in total. The molecule has 0 fully saturated rings. The van der Waals surface area contributed by atoms with Crippen LogP contribution in [0, 0.1) is 0 Å². The zero-order chi connectivity index (χ0) is 18.0. The Bertz CT molecular complexity index is 939. The number of carbonyl (C=O) groups excluding carboxylic acids is 1.